The predicted molar refractivity (Wildman–Crippen MR) is 39.3 cm³/mol. The molecule has 0 aliphatic rings. The molecule has 0 aromatic heterocycles. The summed E-state index contributed by atoms with van der Waals surface area (Å²) in [6, 6.07) is 0. The second-order valence-corrected chi connectivity index (χ2v) is 2.16. The molecule has 0 bridgehead atoms. The standard InChI is InChI=1S/C6H10NS.Li/c1-7(2)5-4-6-8-3;/h5H,1-3H3;/q-1;+1. The first-order valence-corrected chi connectivity index (χ1v) is 3.53. The van der Waals surface area contributed by atoms with E-state index in [9.17, 15) is 0 Å². The molecule has 0 aliphatic carbocycles. The molecule has 0 aliphatic heterocycles. The van der Waals surface area contributed by atoms with Crippen molar-refractivity contribution in [3.8, 4) is 11.2 Å². The van der Waals surface area contributed by atoms with E-state index in [-0.39, 0.29) is 18.9 Å². The first-order chi connectivity index (χ1) is 3.77. The van der Waals surface area contributed by atoms with Gasteiger partial charge in [-0.05, 0) is 20.4 Å². The molecule has 0 atom stereocenters. The van der Waals surface area contributed by atoms with Crippen LogP contribution in [0.1, 0.15) is 0 Å². The molecule has 0 radical (unpaired) electrons. The van der Waals surface area contributed by atoms with Crippen LogP contribution in [0.5, 0.6) is 0 Å². The zero-order valence-electron chi connectivity index (χ0n) is 6.43. The van der Waals surface area contributed by atoms with Crippen molar-refractivity contribution in [3.63, 3.8) is 0 Å². The van der Waals surface area contributed by atoms with E-state index in [1.807, 2.05) is 31.8 Å². The Hall–Kier alpha value is 0.337. The molecule has 0 rings (SSSR count). The molecule has 0 fully saturated rings. The molecule has 9 heavy (non-hydrogen) atoms. The van der Waals surface area contributed by atoms with E-state index in [4.69, 9.17) is 0 Å². The van der Waals surface area contributed by atoms with Crippen molar-refractivity contribution in [2.75, 3.05) is 20.4 Å². The van der Waals surface area contributed by atoms with Gasteiger partial charge in [0.15, 0.2) is 0 Å². The molecular formula is C6H10LiNS. The summed E-state index contributed by atoms with van der Waals surface area (Å²) in [6.45, 7) is 1.83. The molecule has 0 saturated carbocycles. The van der Waals surface area contributed by atoms with Gasteiger partial charge in [-0.1, -0.05) is 0 Å². The largest absolute Gasteiger partial charge is 1.00 e. The van der Waals surface area contributed by atoms with Crippen LogP contribution in [0.4, 0.5) is 0 Å². The Morgan fingerprint density at radius 3 is 2.33 bits per heavy atom. The van der Waals surface area contributed by atoms with Gasteiger partial charge in [-0.2, -0.15) is 11.8 Å². The molecule has 1 nitrogen and oxygen atoms in total. The molecule has 0 spiro atoms. The Morgan fingerprint density at radius 1 is 1.44 bits per heavy atom. The molecule has 0 heterocycles. The van der Waals surface area contributed by atoms with Gasteiger partial charge in [0.25, 0.3) is 0 Å². The minimum Gasteiger partial charge on any atom is -0.357 e. The first-order valence-electron chi connectivity index (χ1n) is 2.30. The summed E-state index contributed by atoms with van der Waals surface area (Å²) < 4.78 is 0. The fraction of sp³-hybridized carbons (Fsp3) is 0.500. The maximum absolute atomic E-state index is 2.85. The summed E-state index contributed by atoms with van der Waals surface area (Å²) in [5.74, 6) is 2.85. The minimum absolute atomic E-state index is 0. The van der Waals surface area contributed by atoms with Gasteiger partial charge in [-0.3, -0.25) is 11.2 Å². The van der Waals surface area contributed by atoms with Crippen molar-refractivity contribution in [1.82, 2.24) is 4.90 Å². The van der Waals surface area contributed by atoms with E-state index in [0.29, 0.717) is 0 Å². The van der Waals surface area contributed by atoms with Crippen LogP contribution in [0.25, 0.3) is 0 Å². The minimum atomic E-state index is 0. The van der Waals surface area contributed by atoms with Gasteiger partial charge < -0.3 is 4.90 Å². The Bertz CT molecular complexity index is 103. The average molecular weight is 135 g/mol. The van der Waals surface area contributed by atoms with Crippen LogP contribution in [-0.4, -0.2) is 25.3 Å². The third-order valence-corrected chi connectivity index (χ3v) is 0.806. The van der Waals surface area contributed by atoms with Gasteiger partial charge >= 0.3 is 18.9 Å². The molecule has 0 unspecified atom stereocenters. The fourth-order valence-electron chi connectivity index (χ4n) is 0.214. The Labute approximate surface area is 73.7 Å². The second-order valence-electron chi connectivity index (χ2n) is 1.54. The van der Waals surface area contributed by atoms with Crippen LogP contribution in [0.3, 0.4) is 0 Å². The van der Waals surface area contributed by atoms with Crippen molar-refractivity contribution >= 4 is 11.8 Å². The second kappa shape index (κ2) is 8.34. The monoisotopic (exact) mass is 135 g/mol. The molecule has 0 N–H and O–H groups in total. The van der Waals surface area contributed by atoms with Crippen LogP contribution in [0.15, 0.2) is 0 Å². The normalized spacial score (nSPS) is 7.11. The van der Waals surface area contributed by atoms with Crippen LogP contribution < -0.4 is 18.9 Å². The first kappa shape index (κ1) is 12.1. The van der Waals surface area contributed by atoms with Gasteiger partial charge in [-0.15, -0.1) is 6.54 Å². The van der Waals surface area contributed by atoms with Gasteiger partial charge in [0.05, 0.1) is 0 Å². The van der Waals surface area contributed by atoms with E-state index in [1.54, 1.807) is 0 Å². The van der Waals surface area contributed by atoms with E-state index in [2.05, 4.69) is 11.2 Å². The number of nitrogens with zero attached hydrogens (tertiary/aromatic N) is 1. The third kappa shape index (κ3) is 11.8. The van der Waals surface area contributed by atoms with Crippen LogP contribution in [-0.2, 0) is 0 Å². The molecule has 0 saturated heterocycles. The number of thioether (sulfide) groups is 1. The third-order valence-electron chi connectivity index (χ3n) is 0.484. The van der Waals surface area contributed by atoms with Gasteiger partial charge in [0.1, 0.15) is 0 Å². The summed E-state index contributed by atoms with van der Waals surface area (Å²) in [5, 5.41) is 2.85. The Morgan fingerprint density at radius 2 is 2.00 bits per heavy atom. The van der Waals surface area contributed by atoms with E-state index in [0.717, 1.165) is 0 Å². The summed E-state index contributed by atoms with van der Waals surface area (Å²) in [4.78, 5) is 1.92. The van der Waals surface area contributed by atoms with Gasteiger partial charge in [0, 0.05) is 0 Å². The van der Waals surface area contributed by atoms with Crippen molar-refractivity contribution < 1.29 is 18.9 Å². The van der Waals surface area contributed by atoms with Crippen molar-refractivity contribution in [1.29, 1.82) is 0 Å². The SMILES string of the molecule is CSC#C[CH-]N(C)C.[Li+]. The molecule has 46 valence electrons. The van der Waals surface area contributed by atoms with Crippen molar-refractivity contribution in [3.05, 3.63) is 6.54 Å². The van der Waals surface area contributed by atoms with Crippen LogP contribution in [0, 0.1) is 17.7 Å². The van der Waals surface area contributed by atoms with Gasteiger partial charge in [0.2, 0.25) is 0 Å². The van der Waals surface area contributed by atoms with Gasteiger partial charge in [-0.25, -0.2) is 0 Å². The molecule has 3 heteroatoms. The maximum Gasteiger partial charge on any atom is 1.00 e. The van der Waals surface area contributed by atoms with E-state index in [1.165, 1.54) is 11.8 Å². The van der Waals surface area contributed by atoms with E-state index < -0.39 is 0 Å². The summed E-state index contributed by atoms with van der Waals surface area (Å²) >= 11 is 1.52. The quantitative estimate of drug-likeness (QED) is 0.233. The predicted octanol–water partition coefficient (Wildman–Crippen LogP) is -1.96. The molecule has 0 aromatic rings. The summed E-state index contributed by atoms with van der Waals surface area (Å²) in [6.07, 6.45) is 1.95. The topological polar surface area (TPSA) is 3.24 Å². The van der Waals surface area contributed by atoms with Crippen molar-refractivity contribution in [2.24, 2.45) is 0 Å². The number of hydrogen-bond acceptors (Lipinski definition) is 2. The zero-order valence-corrected chi connectivity index (χ0v) is 7.25. The Kier molecular flexibility index (Phi) is 11.2. The van der Waals surface area contributed by atoms with Crippen LogP contribution in [0.2, 0.25) is 0 Å². The average Bonchev–Trinajstić information content (AvgIpc) is 1.66. The molecular weight excluding hydrogens is 125 g/mol. The van der Waals surface area contributed by atoms with Crippen molar-refractivity contribution in [2.45, 2.75) is 0 Å². The maximum atomic E-state index is 2.85. The smallest absolute Gasteiger partial charge is 0.357 e. The van der Waals surface area contributed by atoms with E-state index >= 15 is 0 Å². The summed E-state index contributed by atoms with van der Waals surface area (Å²) in [7, 11) is 3.91. The fourth-order valence-corrected chi connectivity index (χ4v) is 0.385. The number of rotatable bonds is 1. The molecule has 0 amide bonds. The number of hydrogen-bond donors (Lipinski definition) is 0. The van der Waals surface area contributed by atoms with Crippen LogP contribution >= 0.6 is 11.8 Å². The zero-order chi connectivity index (χ0) is 6.41. The molecule has 0 aromatic carbocycles. The Balaban J connectivity index is 0. The summed E-state index contributed by atoms with van der Waals surface area (Å²) in [5.41, 5.74) is 0.